The minimum Gasteiger partial charge on any atom is -0.334 e. The molecule has 1 saturated heterocycles. The first-order chi connectivity index (χ1) is 13.3. The lowest BCUT2D eigenvalue weighted by atomic mass is 10.0. The predicted molar refractivity (Wildman–Crippen MR) is 108 cm³/mol. The molecule has 4 nitrogen and oxygen atoms in total. The summed E-state index contributed by atoms with van der Waals surface area (Å²) >= 11 is 0. The summed E-state index contributed by atoms with van der Waals surface area (Å²) in [5.74, 6) is 0. The minimum absolute atomic E-state index is 0.0391. The molecular weight excluding hydrogens is 334 g/mol. The largest absolute Gasteiger partial charge is 0.334 e. The molecule has 2 aromatic rings. The van der Waals surface area contributed by atoms with E-state index in [9.17, 15) is 4.79 Å². The molecule has 2 aromatic carbocycles. The summed E-state index contributed by atoms with van der Waals surface area (Å²) in [5.41, 5.74) is 5.20. The molecule has 4 rings (SSSR count). The maximum Gasteiger partial charge on any atom is 0.317 e. The average molecular weight is 364 g/mol. The second-order valence-corrected chi connectivity index (χ2v) is 7.70. The fraction of sp³-hybridized carbons (Fsp3) is 0.435. The number of hydrogen-bond acceptors (Lipinski definition) is 2. The average Bonchev–Trinajstić information content (AvgIpc) is 2.73. The number of likely N-dealkylation sites (tertiary alicyclic amines) is 1. The molecule has 1 N–H and O–H groups in total. The highest BCUT2D eigenvalue weighted by atomic mass is 16.2. The van der Waals surface area contributed by atoms with E-state index in [1.807, 2.05) is 4.90 Å². The number of nitrogens with one attached hydrogen (secondary N) is 1. The lowest BCUT2D eigenvalue weighted by molar-refractivity contribution is 0.191. The summed E-state index contributed by atoms with van der Waals surface area (Å²) in [6.45, 7) is 5.46. The van der Waals surface area contributed by atoms with Crippen LogP contribution in [0.4, 0.5) is 4.79 Å². The molecule has 0 atom stereocenters. The Bertz CT molecular complexity index is 783. The molecule has 27 heavy (non-hydrogen) atoms. The normalized spacial score (nSPS) is 17.4. The number of amides is 2. The summed E-state index contributed by atoms with van der Waals surface area (Å²) in [6.07, 6.45) is 4.90. The Morgan fingerprint density at radius 2 is 1.56 bits per heavy atom. The van der Waals surface area contributed by atoms with Crippen LogP contribution in [0, 0.1) is 0 Å². The van der Waals surface area contributed by atoms with Gasteiger partial charge in [-0.1, -0.05) is 55.0 Å². The van der Waals surface area contributed by atoms with Crippen molar-refractivity contribution < 1.29 is 4.79 Å². The van der Waals surface area contributed by atoms with Crippen LogP contribution >= 0.6 is 0 Å². The summed E-state index contributed by atoms with van der Waals surface area (Å²) in [5, 5.41) is 3.15. The Morgan fingerprint density at radius 3 is 2.37 bits per heavy atom. The number of hydrogen-bond donors (Lipinski definition) is 1. The van der Waals surface area contributed by atoms with Gasteiger partial charge in [0, 0.05) is 26.2 Å². The molecule has 0 aromatic heterocycles. The van der Waals surface area contributed by atoms with Crippen LogP contribution in [0.25, 0.3) is 0 Å². The third-order valence-electron chi connectivity index (χ3n) is 5.81. The third kappa shape index (κ3) is 4.51. The van der Waals surface area contributed by atoms with Gasteiger partial charge in [0.05, 0.1) is 0 Å². The van der Waals surface area contributed by atoms with Crippen molar-refractivity contribution in [3.8, 4) is 0 Å². The highest BCUT2D eigenvalue weighted by Gasteiger charge is 2.20. The van der Waals surface area contributed by atoms with Crippen molar-refractivity contribution >= 4 is 6.03 Å². The lowest BCUT2D eigenvalue weighted by Gasteiger charge is -2.29. The Balaban J connectivity index is 1.35. The number of urea groups is 1. The van der Waals surface area contributed by atoms with E-state index in [-0.39, 0.29) is 6.03 Å². The van der Waals surface area contributed by atoms with E-state index in [4.69, 9.17) is 0 Å². The molecule has 4 heteroatoms. The van der Waals surface area contributed by atoms with E-state index < -0.39 is 0 Å². The summed E-state index contributed by atoms with van der Waals surface area (Å²) in [4.78, 5) is 17.1. The van der Waals surface area contributed by atoms with Crippen LogP contribution in [0.3, 0.4) is 0 Å². The van der Waals surface area contributed by atoms with Gasteiger partial charge in [0.2, 0.25) is 0 Å². The molecule has 0 aliphatic carbocycles. The summed E-state index contributed by atoms with van der Waals surface area (Å²) < 4.78 is 0. The number of nitrogens with zero attached hydrogens (tertiary/aromatic N) is 2. The number of carbonyl (C=O) groups excluding carboxylic acids is 1. The van der Waals surface area contributed by atoms with Crippen LogP contribution in [-0.4, -0.2) is 35.5 Å². The van der Waals surface area contributed by atoms with Crippen molar-refractivity contribution in [2.75, 3.05) is 19.6 Å². The van der Waals surface area contributed by atoms with Crippen LogP contribution in [0.2, 0.25) is 0 Å². The van der Waals surface area contributed by atoms with Crippen molar-refractivity contribution in [3.63, 3.8) is 0 Å². The maximum absolute atomic E-state index is 12.7. The monoisotopic (exact) mass is 363 g/mol. The predicted octanol–water partition coefficient (Wildman–Crippen LogP) is 3.94. The molecule has 0 bridgehead atoms. The molecule has 2 aliphatic rings. The standard InChI is InChI=1S/C23H29N3O/c27-23(26-15-12-19-8-2-4-11-22(19)18-26)24-16-20-9-3-5-10-21(20)17-25-13-6-1-7-14-25/h2-5,8-11H,1,6-7,12-18H2,(H,24,27). The van der Waals surface area contributed by atoms with Crippen LogP contribution in [0.15, 0.2) is 48.5 Å². The van der Waals surface area contributed by atoms with Gasteiger partial charge in [-0.05, 0) is 54.6 Å². The number of fused-ring (bicyclic) bond motifs is 1. The van der Waals surface area contributed by atoms with Gasteiger partial charge in [0.1, 0.15) is 0 Å². The van der Waals surface area contributed by atoms with Gasteiger partial charge in [0.25, 0.3) is 0 Å². The lowest BCUT2D eigenvalue weighted by Crippen LogP contribution is -2.42. The summed E-state index contributed by atoms with van der Waals surface area (Å²) in [6, 6.07) is 17.0. The minimum atomic E-state index is 0.0391. The van der Waals surface area contributed by atoms with E-state index in [0.717, 1.165) is 19.5 Å². The van der Waals surface area contributed by atoms with Crippen molar-refractivity contribution in [1.82, 2.24) is 15.1 Å². The zero-order chi connectivity index (χ0) is 18.5. The quantitative estimate of drug-likeness (QED) is 0.893. The first-order valence-electron chi connectivity index (χ1n) is 10.2. The smallest absolute Gasteiger partial charge is 0.317 e. The maximum atomic E-state index is 12.7. The molecule has 142 valence electrons. The second kappa shape index (κ2) is 8.57. The zero-order valence-electron chi connectivity index (χ0n) is 16.0. The van der Waals surface area contributed by atoms with Crippen molar-refractivity contribution in [1.29, 1.82) is 0 Å². The van der Waals surface area contributed by atoms with Crippen molar-refractivity contribution in [3.05, 3.63) is 70.8 Å². The molecule has 0 radical (unpaired) electrons. The molecule has 2 heterocycles. The van der Waals surface area contributed by atoms with Crippen LogP contribution in [-0.2, 0) is 26.1 Å². The molecule has 2 amide bonds. The SMILES string of the molecule is O=C(NCc1ccccc1CN1CCCCC1)N1CCc2ccccc2C1. The van der Waals surface area contributed by atoms with Gasteiger partial charge >= 0.3 is 6.03 Å². The van der Waals surface area contributed by atoms with Gasteiger partial charge in [-0.25, -0.2) is 4.79 Å². The summed E-state index contributed by atoms with van der Waals surface area (Å²) in [7, 11) is 0. The zero-order valence-corrected chi connectivity index (χ0v) is 16.0. The van der Waals surface area contributed by atoms with Gasteiger partial charge < -0.3 is 10.2 Å². The first-order valence-corrected chi connectivity index (χ1v) is 10.2. The van der Waals surface area contributed by atoms with Crippen molar-refractivity contribution in [2.45, 2.75) is 45.3 Å². The Hall–Kier alpha value is -2.33. The first kappa shape index (κ1) is 18.1. The Kier molecular flexibility index (Phi) is 5.73. The molecular formula is C23H29N3O. The van der Waals surface area contributed by atoms with Gasteiger partial charge in [-0.3, -0.25) is 4.90 Å². The topological polar surface area (TPSA) is 35.6 Å². The number of piperidine rings is 1. The molecule has 2 aliphatic heterocycles. The van der Waals surface area contributed by atoms with E-state index in [1.165, 1.54) is 54.6 Å². The van der Waals surface area contributed by atoms with E-state index in [1.54, 1.807) is 0 Å². The Labute approximate surface area is 162 Å². The second-order valence-electron chi connectivity index (χ2n) is 7.70. The number of carbonyl (C=O) groups is 1. The van der Waals surface area contributed by atoms with Gasteiger partial charge in [0.15, 0.2) is 0 Å². The molecule has 1 fully saturated rings. The highest BCUT2D eigenvalue weighted by Crippen LogP contribution is 2.19. The van der Waals surface area contributed by atoms with E-state index in [0.29, 0.717) is 13.1 Å². The van der Waals surface area contributed by atoms with E-state index in [2.05, 4.69) is 58.7 Å². The van der Waals surface area contributed by atoms with Gasteiger partial charge in [-0.2, -0.15) is 0 Å². The fourth-order valence-corrected chi connectivity index (χ4v) is 4.19. The number of rotatable bonds is 4. The van der Waals surface area contributed by atoms with Crippen molar-refractivity contribution in [2.24, 2.45) is 0 Å². The fourth-order valence-electron chi connectivity index (χ4n) is 4.19. The highest BCUT2D eigenvalue weighted by molar-refractivity contribution is 5.74. The van der Waals surface area contributed by atoms with E-state index >= 15 is 0 Å². The van der Waals surface area contributed by atoms with Gasteiger partial charge in [-0.15, -0.1) is 0 Å². The Morgan fingerprint density at radius 1 is 0.852 bits per heavy atom. The molecule has 0 unspecified atom stereocenters. The third-order valence-corrected chi connectivity index (χ3v) is 5.81. The van der Waals surface area contributed by atoms with Crippen LogP contribution in [0.5, 0.6) is 0 Å². The number of benzene rings is 2. The molecule has 0 spiro atoms. The molecule has 0 saturated carbocycles. The van der Waals surface area contributed by atoms with Crippen LogP contribution in [0.1, 0.15) is 41.5 Å². The van der Waals surface area contributed by atoms with Crippen LogP contribution < -0.4 is 5.32 Å².